The van der Waals surface area contributed by atoms with E-state index >= 15 is 0 Å². The van der Waals surface area contributed by atoms with E-state index in [0.717, 1.165) is 18.2 Å². The first-order chi connectivity index (χ1) is 8.17. The fraction of sp³-hybridized carbons (Fsp3) is 0.600. The molecule has 0 heterocycles. The van der Waals surface area contributed by atoms with Crippen molar-refractivity contribution in [3.8, 4) is 0 Å². The predicted molar refractivity (Wildman–Crippen MR) is 79.8 cm³/mol. The van der Waals surface area contributed by atoms with Crippen LogP contribution in [0.3, 0.4) is 0 Å². The van der Waals surface area contributed by atoms with Crippen molar-refractivity contribution in [3.63, 3.8) is 0 Å². The Balaban J connectivity index is 2.45. The summed E-state index contributed by atoms with van der Waals surface area (Å²) in [5, 5.41) is 4.41. The Morgan fingerprint density at radius 1 is 1.24 bits per heavy atom. The smallest absolute Gasteiger partial charge is 0.0317 e. The van der Waals surface area contributed by atoms with Gasteiger partial charge in [0.25, 0.3) is 0 Å². The quantitative estimate of drug-likeness (QED) is 0.780. The minimum absolute atomic E-state index is 0.504. The lowest BCUT2D eigenvalue weighted by Gasteiger charge is -2.18. The summed E-state index contributed by atoms with van der Waals surface area (Å²) in [6, 6.07) is 9.39. The molecule has 0 aliphatic carbocycles. The molecule has 1 rings (SSSR count). The fourth-order valence-electron chi connectivity index (χ4n) is 1.88. The topological polar surface area (TPSA) is 12.0 Å². The van der Waals surface area contributed by atoms with Crippen molar-refractivity contribution in [2.24, 2.45) is 0 Å². The molecule has 2 atom stereocenters. The van der Waals surface area contributed by atoms with Gasteiger partial charge in [-0.25, -0.2) is 0 Å². The zero-order valence-electron chi connectivity index (χ0n) is 11.5. The fourth-order valence-corrected chi connectivity index (χ4v) is 2.23. The molecule has 1 aromatic rings. The minimum Gasteiger partial charge on any atom is -0.310 e. The zero-order valence-corrected chi connectivity index (χ0v) is 12.3. The van der Waals surface area contributed by atoms with Crippen molar-refractivity contribution in [2.45, 2.75) is 44.9 Å². The number of thioether (sulfide) groups is 1. The first-order valence-electron chi connectivity index (χ1n) is 6.50. The summed E-state index contributed by atoms with van der Waals surface area (Å²) in [4.78, 5) is 0. The van der Waals surface area contributed by atoms with Gasteiger partial charge in [-0.15, -0.1) is 0 Å². The Hall–Kier alpha value is -0.470. The van der Waals surface area contributed by atoms with E-state index in [-0.39, 0.29) is 0 Å². The molecule has 2 unspecified atom stereocenters. The highest BCUT2D eigenvalue weighted by atomic mass is 32.2. The summed E-state index contributed by atoms with van der Waals surface area (Å²) >= 11 is 1.94. The standard InChI is InChI=1S/C15H25NS/c1-5-15(16-11-10-13(3)17-4)14-8-6-12(2)7-9-14/h6-9,13,15-16H,5,10-11H2,1-4H3. The molecule has 0 spiro atoms. The lowest BCUT2D eigenvalue weighted by Crippen LogP contribution is -2.23. The van der Waals surface area contributed by atoms with Crippen LogP contribution in [0.1, 0.15) is 43.9 Å². The molecule has 0 fully saturated rings. The molecule has 1 aromatic carbocycles. The maximum atomic E-state index is 3.66. The van der Waals surface area contributed by atoms with Crippen LogP contribution in [0.25, 0.3) is 0 Å². The third-order valence-electron chi connectivity index (χ3n) is 3.23. The van der Waals surface area contributed by atoms with E-state index in [1.165, 1.54) is 17.5 Å². The van der Waals surface area contributed by atoms with Crippen molar-refractivity contribution in [3.05, 3.63) is 35.4 Å². The number of hydrogen-bond acceptors (Lipinski definition) is 2. The van der Waals surface area contributed by atoms with Crippen LogP contribution in [0.5, 0.6) is 0 Å². The lowest BCUT2D eigenvalue weighted by molar-refractivity contribution is 0.510. The first-order valence-corrected chi connectivity index (χ1v) is 7.79. The van der Waals surface area contributed by atoms with E-state index in [0.29, 0.717) is 6.04 Å². The third-order valence-corrected chi connectivity index (χ3v) is 4.27. The maximum absolute atomic E-state index is 3.66. The van der Waals surface area contributed by atoms with Gasteiger partial charge in [0.05, 0.1) is 0 Å². The number of hydrogen-bond donors (Lipinski definition) is 1. The van der Waals surface area contributed by atoms with Crippen molar-refractivity contribution in [2.75, 3.05) is 12.8 Å². The molecule has 1 nitrogen and oxygen atoms in total. The van der Waals surface area contributed by atoms with Crippen LogP contribution in [0, 0.1) is 6.92 Å². The van der Waals surface area contributed by atoms with Crippen molar-refractivity contribution >= 4 is 11.8 Å². The molecule has 0 bridgehead atoms. The van der Waals surface area contributed by atoms with Gasteiger partial charge in [-0.2, -0.15) is 11.8 Å². The molecule has 1 N–H and O–H groups in total. The van der Waals surface area contributed by atoms with E-state index in [1.807, 2.05) is 11.8 Å². The average molecular weight is 251 g/mol. The summed E-state index contributed by atoms with van der Waals surface area (Å²) in [6.45, 7) is 7.78. The van der Waals surface area contributed by atoms with Gasteiger partial charge in [0.15, 0.2) is 0 Å². The first kappa shape index (κ1) is 14.6. The summed E-state index contributed by atoms with van der Waals surface area (Å²) in [5.74, 6) is 0. The minimum atomic E-state index is 0.504. The van der Waals surface area contributed by atoms with Crippen LogP contribution in [0.2, 0.25) is 0 Å². The van der Waals surface area contributed by atoms with Gasteiger partial charge in [-0.1, -0.05) is 43.7 Å². The van der Waals surface area contributed by atoms with E-state index in [1.54, 1.807) is 0 Å². The molecule has 0 amide bonds. The van der Waals surface area contributed by atoms with Crippen LogP contribution in [-0.2, 0) is 0 Å². The summed E-state index contributed by atoms with van der Waals surface area (Å²) < 4.78 is 0. The van der Waals surface area contributed by atoms with Gasteiger partial charge in [-0.3, -0.25) is 0 Å². The Bertz CT molecular complexity index is 307. The Labute approximate surface area is 110 Å². The molecule has 0 saturated carbocycles. The van der Waals surface area contributed by atoms with Crippen LogP contribution in [0.15, 0.2) is 24.3 Å². The Kier molecular flexibility index (Phi) is 6.68. The average Bonchev–Trinajstić information content (AvgIpc) is 2.35. The van der Waals surface area contributed by atoms with Gasteiger partial charge < -0.3 is 5.32 Å². The van der Waals surface area contributed by atoms with Gasteiger partial charge in [0, 0.05) is 11.3 Å². The molecule has 0 aromatic heterocycles. The molecule has 0 radical (unpaired) electrons. The second-order valence-corrected chi connectivity index (χ2v) is 5.94. The van der Waals surface area contributed by atoms with Gasteiger partial charge >= 0.3 is 0 Å². The van der Waals surface area contributed by atoms with Crippen molar-refractivity contribution < 1.29 is 0 Å². The highest BCUT2D eigenvalue weighted by Gasteiger charge is 2.08. The predicted octanol–water partition coefficient (Wildman–Crippen LogP) is 4.18. The van der Waals surface area contributed by atoms with E-state index in [9.17, 15) is 0 Å². The highest BCUT2D eigenvalue weighted by molar-refractivity contribution is 7.99. The number of nitrogens with one attached hydrogen (secondary N) is 1. The van der Waals surface area contributed by atoms with Crippen molar-refractivity contribution in [1.82, 2.24) is 5.32 Å². The second-order valence-electron chi connectivity index (χ2n) is 4.66. The largest absolute Gasteiger partial charge is 0.310 e. The van der Waals surface area contributed by atoms with Crippen LogP contribution in [-0.4, -0.2) is 18.1 Å². The van der Waals surface area contributed by atoms with E-state index < -0.39 is 0 Å². The molecular weight excluding hydrogens is 226 g/mol. The van der Waals surface area contributed by atoms with Gasteiger partial charge in [0.1, 0.15) is 0 Å². The highest BCUT2D eigenvalue weighted by Crippen LogP contribution is 2.17. The summed E-state index contributed by atoms with van der Waals surface area (Å²) in [7, 11) is 0. The molecule has 0 aliphatic heterocycles. The molecule has 17 heavy (non-hydrogen) atoms. The van der Waals surface area contributed by atoms with Crippen LogP contribution in [0.4, 0.5) is 0 Å². The number of benzene rings is 1. The van der Waals surface area contributed by atoms with Gasteiger partial charge in [-0.05, 0) is 38.1 Å². The van der Waals surface area contributed by atoms with Crippen LogP contribution < -0.4 is 5.32 Å². The number of rotatable bonds is 7. The summed E-state index contributed by atoms with van der Waals surface area (Å²) in [6.07, 6.45) is 4.57. The second kappa shape index (κ2) is 7.78. The Morgan fingerprint density at radius 3 is 2.41 bits per heavy atom. The van der Waals surface area contributed by atoms with E-state index in [4.69, 9.17) is 0 Å². The van der Waals surface area contributed by atoms with Crippen LogP contribution >= 0.6 is 11.8 Å². The van der Waals surface area contributed by atoms with Gasteiger partial charge in [0.2, 0.25) is 0 Å². The molecule has 0 saturated heterocycles. The third kappa shape index (κ3) is 5.13. The molecule has 0 aliphatic rings. The SMILES string of the molecule is CCC(NCCC(C)SC)c1ccc(C)cc1. The normalized spacial score (nSPS) is 14.6. The maximum Gasteiger partial charge on any atom is 0.0317 e. The van der Waals surface area contributed by atoms with E-state index in [2.05, 4.69) is 56.6 Å². The Morgan fingerprint density at radius 2 is 1.88 bits per heavy atom. The zero-order chi connectivity index (χ0) is 12.7. The van der Waals surface area contributed by atoms with Crippen molar-refractivity contribution in [1.29, 1.82) is 0 Å². The lowest BCUT2D eigenvalue weighted by atomic mass is 10.0. The molecular formula is C15H25NS. The molecule has 2 heteroatoms. The number of aryl methyl sites for hydroxylation is 1. The summed E-state index contributed by atoms with van der Waals surface area (Å²) in [5.41, 5.74) is 2.74. The molecule has 96 valence electrons. The monoisotopic (exact) mass is 251 g/mol.